The molecule has 150 valence electrons. The number of benzene rings is 2. The summed E-state index contributed by atoms with van der Waals surface area (Å²) in [7, 11) is 1.58. The van der Waals surface area contributed by atoms with Gasteiger partial charge in [0.25, 0.3) is 0 Å². The maximum Gasteiger partial charge on any atom is 0.336 e. The molecular weight excluding hydrogens is 372 g/mol. The smallest absolute Gasteiger partial charge is 0.336 e. The summed E-state index contributed by atoms with van der Waals surface area (Å²) in [6, 6.07) is 13.0. The van der Waals surface area contributed by atoms with Gasteiger partial charge in [0, 0.05) is 6.07 Å². The van der Waals surface area contributed by atoms with Crippen molar-refractivity contribution in [1.29, 1.82) is 0 Å². The zero-order valence-corrected chi connectivity index (χ0v) is 16.4. The molecule has 29 heavy (non-hydrogen) atoms. The zero-order valence-electron chi connectivity index (χ0n) is 16.4. The lowest BCUT2D eigenvalue weighted by molar-refractivity contribution is 0.265. The Labute approximate surface area is 167 Å². The Bertz CT molecular complexity index is 1170. The molecule has 0 spiro atoms. The fourth-order valence-corrected chi connectivity index (χ4v) is 3.38. The van der Waals surface area contributed by atoms with Crippen molar-refractivity contribution in [3.8, 4) is 17.2 Å². The van der Waals surface area contributed by atoms with E-state index in [0.29, 0.717) is 41.3 Å². The van der Waals surface area contributed by atoms with Crippen LogP contribution in [0.15, 0.2) is 62.4 Å². The highest BCUT2D eigenvalue weighted by Crippen LogP contribution is 2.43. The summed E-state index contributed by atoms with van der Waals surface area (Å²) in [5.74, 6) is 1.88. The molecule has 0 N–H and O–H groups in total. The van der Waals surface area contributed by atoms with Gasteiger partial charge in [0.1, 0.15) is 11.5 Å². The molecule has 2 aromatic carbocycles. The normalized spacial score (nSPS) is 11.1. The number of furan rings is 1. The predicted octanol–water partition coefficient (Wildman–Crippen LogP) is 5.09. The third-order valence-electron chi connectivity index (χ3n) is 4.71. The maximum atomic E-state index is 12.0. The fourth-order valence-electron chi connectivity index (χ4n) is 3.38. The second-order valence-electron chi connectivity index (χ2n) is 6.70. The van der Waals surface area contributed by atoms with Crippen LogP contribution in [0.1, 0.15) is 18.4 Å². The van der Waals surface area contributed by atoms with E-state index < -0.39 is 5.63 Å². The molecule has 4 aromatic rings. The van der Waals surface area contributed by atoms with Gasteiger partial charge in [-0.25, -0.2) is 4.79 Å². The minimum atomic E-state index is -0.441. The topological polar surface area (TPSA) is 71.0 Å². The van der Waals surface area contributed by atoms with Crippen molar-refractivity contribution in [3.63, 3.8) is 0 Å². The van der Waals surface area contributed by atoms with Crippen LogP contribution in [0.3, 0.4) is 0 Å². The van der Waals surface area contributed by atoms with E-state index in [1.54, 1.807) is 13.4 Å². The van der Waals surface area contributed by atoms with Gasteiger partial charge >= 0.3 is 5.63 Å². The summed E-state index contributed by atoms with van der Waals surface area (Å²) in [5, 5.41) is 1.49. The quantitative estimate of drug-likeness (QED) is 0.306. The van der Waals surface area contributed by atoms with Crippen molar-refractivity contribution in [1.82, 2.24) is 0 Å². The third kappa shape index (κ3) is 3.78. The molecule has 0 aliphatic rings. The Morgan fingerprint density at radius 2 is 1.69 bits per heavy atom. The fraction of sp³-hybridized carbons (Fsp3) is 0.261. The number of aryl methyl sites for hydroxylation is 1. The first kappa shape index (κ1) is 18.9. The van der Waals surface area contributed by atoms with Gasteiger partial charge in [0.15, 0.2) is 11.2 Å². The van der Waals surface area contributed by atoms with E-state index >= 15 is 0 Å². The minimum absolute atomic E-state index is 0.342. The van der Waals surface area contributed by atoms with Gasteiger partial charge in [0.2, 0.25) is 5.75 Å². The monoisotopic (exact) mass is 394 g/mol. The summed E-state index contributed by atoms with van der Waals surface area (Å²) in [6.07, 6.45) is 3.17. The molecule has 4 rings (SSSR count). The highest BCUT2D eigenvalue weighted by atomic mass is 16.5. The van der Waals surface area contributed by atoms with E-state index in [-0.39, 0.29) is 0 Å². The van der Waals surface area contributed by atoms with Crippen LogP contribution in [0, 0.1) is 6.92 Å². The van der Waals surface area contributed by atoms with Gasteiger partial charge in [0.05, 0.1) is 37.4 Å². The molecule has 0 amide bonds. The summed E-state index contributed by atoms with van der Waals surface area (Å²) >= 11 is 0. The Morgan fingerprint density at radius 1 is 0.931 bits per heavy atom. The molecule has 2 aromatic heterocycles. The van der Waals surface area contributed by atoms with E-state index in [1.807, 2.05) is 43.3 Å². The number of unbranched alkanes of at least 4 members (excludes halogenated alkanes) is 1. The molecule has 0 aliphatic carbocycles. The van der Waals surface area contributed by atoms with Gasteiger partial charge in [-0.05, 0) is 43.5 Å². The van der Waals surface area contributed by atoms with Crippen LogP contribution in [-0.2, 0) is 0 Å². The van der Waals surface area contributed by atoms with Crippen molar-refractivity contribution >= 4 is 21.9 Å². The number of para-hydroxylation sites is 1. The van der Waals surface area contributed by atoms with Gasteiger partial charge in [-0.15, -0.1) is 0 Å². The molecular formula is C23H22O6. The number of hydrogen-bond donors (Lipinski definition) is 0. The van der Waals surface area contributed by atoms with E-state index in [0.717, 1.165) is 29.5 Å². The molecule has 0 radical (unpaired) electrons. The maximum absolute atomic E-state index is 12.0. The largest absolute Gasteiger partial charge is 0.495 e. The predicted molar refractivity (Wildman–Crippen MR) is 110 cm³/mol. The Morgan fingerprint density at radius 3 is 2.45 bits per heavy atom. The Balaban J connectivity index is 1.53. The molecule has 0 aliphatic heterocycles. The first-order chi connectivity index (χ1) is 14.2. The molecule has 0 bridgehead atoms. The van der Waals surface area contributed by atoms with Crippen LogP contribution in [0.2, 0.25) is 0 Å². The van der Waals surface area contributed by atoms with Crippen LogP contribution in [0.4, 0.5) is 0 Å². The summed E-state index contributed by atoms with van der Waals surface area (Å²) in [5.41, 5.74) is 1.17. The third-order valence-corrected chi connectivity index (χ3v) is 4.71. The summed E-state index contributed by atoms with van der Waals surface area (Å²) in [6.45, 7) is 2.88. The molecule has 6 nitrogen and oxygen atoms in total. The molecule has 0 unspecified atom stereocenters. The minimum Gasteiger partial charge on any atom is -0.495 e. The second kappa shape index (κ2) is 8.31. The number of ether oxygens (including phenoxy) is 3. The molecule has 0 fully saturated rings. The van der Waals surface area contributed by atoms with Crippen LogP contribution >= 0.6 is 0 Å². The average molecular weight is 394 g/mol. The van der Waals surface area contributed by atoms with Gasteiger partial charge in [-0.1, -0.05) is 18.2 Å². The van der Waals surface area contributed by atoms with Crippen LogP contribution in [-0.4, -0.2) is 20.3 Å². The molecule has 6 heteroatoms. The molecule has 0 saturated heterocycles. The van der Waals surface area contributed by atoms with E-state index in [2.05, 4.69) is 0 Å². The zero-order chi connectivity index (χ0) is 20.2. The van der Waals surface area contributed by atoms with Crippen molar-refractivity contribution in [3.05, 3.63) is 64.7 Å². The van der Waals surface area contributed by atoms with Crippen molar-refractivity contribution < 1.29 is 23.0 Å². The van der Waals surface area contributed by atoms with Gasteiger partial charge < -0.3 is 23.0 Å². The molecule has 2 heterocycles. The lowest BCUT2D eigenvalue weighted by Gasteiger charge is -2.13. The standard InChI is InChI=1S/C23H22O6/c1-15-14-18(24)29-22-19(15)20(25-2)17-10-13-28-21(17)23(22)27-12-7-6-11-26-16-8-4-3-5-9-16/h3-5,8-10,13-14H,6-7,11-12H2,1-2H3. The van der Waals surface area contributed by atoms with Crippen molar-refractivity contribution in [2.75, 3.05) is 20.3 Å². The Kier molecular flexibility index (Phi) is 5.42. The molecule has 0 saturated carbocycles. The van der Waals surface area contributed by atoms with Crippen molar-refractivity contribution in [2.24, 2.45) is 0 Å². The van der Waals surface area contributed by atoms with E-state index in [9.17, 15) is 4.79 Å². The first-order valence-electron chi connectivity index (χ1n) is 9.51. The number of rotatable bonds is 8. The van der Waals surface area contributed by atoms with E-state index in [4.69, 9.17) is 23.0 Å². The Hall–Kier alpha value is -3.41. The highest BCUT2D eigenvalue weighted by molar-refractivity contribution is 6.07. The summed E-state index contributed by atoms with van der Waals surface area (Å²) in [4.78, 5) is 12.0. The molecule has 0 atom stereocenters. The highest BCUT2D eigenvalue weighted by Gasteiger charge is 2.22. The van der Waals surface area contributed by atoms with Crippen LogP contribution in [0.25, 0.3) is 21.9 Å². The number of hydrogen-bond acceptors (Lipinski definition) is 6. The summed E-state index contributed by atoms with van der Waals surface area (Å²) < 4.78 is 28.4. The number of fused-ring (bicyclic) bond motifs is 2. The first-order valence-corrected chi connectivity index (χ1v) is 9.51. The van der Waals surface area contributed by atoms with Gasteiger partial charge in [-0.2, -0.15) is 0 Å². The average Bonchev–Trinajstić information content (AvgIpc) is 3.20. The van der Waals surface area contributed by atoms with Crippen LogP contribution in [0.5, 0.6) is 17.2 Å². The van der Waals surface area contributed by atoms with Gasteiger partial charge in [-0.3, -0.25) is 0 Å². The van der Waals surface area contributed by atoms with Crippen molar-refractivity contribution in [2.45, 2.75) is 19.8 Å². The SMILES string of the molecule is COc1c2ccoc2c(OCCCCOc2ccccc2)c2oc(=O)cc(C)c12. The second-order valence-corrected chi connectivity index (χ2v) is 6.70. The number of methoxy groups -OCH3 is 1. The van der Waals surface area contributed by atoms with E-state index in [1.165, 1.54) is 6.07 Å². The lowest BCUT2D eigenvalue weighted by atomic mass is 10.1. The van der Waals surface area contributed by atoms with Crippen LogP contribution < -0.4 is 19.8 Å². The lowest BCUT2D eigenvalue weighted by Crippen LogP contribution is -2.05.